The summed E-state index contributed by atoms with van der Waals surface area (Å²) in [5.41, 5.74) is 6.03. The van der Waals surface area contributed by atoms with Gasteiger partial charge in [-0.3, -0.25) is 0 Å². The van der Waals surface area contributed by atoms with Crippen LogP contribution in [0.3, 0.4) is 0 Å². The van der Waals surface area contributed by atoms with Crippen LogP contribution in [0.1, 0.15) is 22.3 Å². The van der Waals surface area contributed by atoms with E-state index in [9.17, 15) is 4.79 Å². The molecule has 0 unspecified atom stereocenters. The van der Waals surface area contributed by atoms with Crippen molar-refractivity contribution in [2.24, 2.45) is 0 Å². The highest BCUT2D eigenvalue weighted by Gasteiger charge is 2.12. The Bertz CT molecular complexity index is 1510. The van der Waals surface area contributed by atoms with E-state index in [2.05, 4.69) is 5.32 Å². The van der Waals surface area contributed by atoms with Crippen LogP contribution >= 0.6 is 0 Å². The third-order valence-electron chi connectivity index (χ3n) is 6.44. The number of aromatic nitrogens is 1. The second kappa shape index (κ2) is 14.3. The minimum Gasteiger partial charge on any atom is -0.473 e. The number of rotatable bonds is 12. The van der Waals surface area contributed by atoms with Crippen LogP contribution in [0.4, 0.5) is 4.79 Å². The molecule has 6 heteroatoms. The van der Waals surface area contributed by atoms with Gasteiger partial charge in [0.2, 0.25) is 11.8 Å². The van der Waals surface area contributed by atoms with Gasteiger partial charge in [0.15, 0.2) is 0 Å². The van der Waals surface area contributed by atoms with Crippen molar-refractivity contribution in [1.82, 2.24) is 10.3 Å². The zero-order valence-electron chi connectivity index (χ0n) is 22.7. The van der Waals surface area contributed by atoms with Crippen LogP contribution in [0.15, 0.2) is 127 Å². The van der Waals surface area contributed by atoms with Crippen molar-refractivity contribution in [3.05, 3.63) is 150 Å². The van der Waals surface area contributed by atoms with Crippen LogP contribution in [0.25, 0.3) is 11.1 Å². The summed E-state index contributed by atoms with van der Waals surface area (Å²) in [6, 6.07) is 41.6. The van der Waals surface area contributed by atoms with Gasteiger partial charge >= 0.3 is 6.09 Å². The van der Waals surface area contributed by atoms with Crippen molar-refractivity contribution in [3.63, 3.8) is 0 Å². The van der Waals surface area contributed by atoms with Crippen molar-refractivity contribution >= 4 is 6.09 Å². The summed E-state index contributed by atoms with van der Waals surface area (Å²) < 4.78 is 17.4. The lowest BCUT2D eigenvalue weighted by molar-refractivity contribution is 0.140. The molecule has 6 nitrogen and oxygen atoms in total. The number of benzene rings is 4. The fourth-order valence-electron chi connectivity index (χ4n) is 4.23. The molecule has 0 fully saturated rings. The zero-order chi connectivity index (χ0) is 28.1. The molecule has 0 atom stereocenters. The molecule has 0 aliphatic carbocycles. The van der Waals surface area contributed by atoms with E-state index in [1.165, 1.54) is 0 Å². The van der Waals surface area contributed by atoms with E-state index in [0.29, 0.717) is 37.9 Å². The smallest absolute Gasteiger partial charge is 0.407 e. The topological polar surface area (TPSA) is 69.7 Å². The van der Waals surface area contributed by atoms with Gasteiger partial charge < -0.3 is 19.5 Å². The molecule has 1 aromatic heterocycles. The number of carbonyl (C=O) groups is 1. The average molecular weight is 545 g/mol. The molecule has 5 rings (SSSR count). The number of hydrogen-bond acceptors (Lipinski definition) is 5. The van der Waals surface area contributed by atoms with Gasteiger partial charge in [-0.2, -0.15) is 4.98 Å². The third-order valence-corrected chi connectivity index (χ3v) is 6.44. The largest absolute Gasteiger partial charge is 0.473 e. The highest BCUT2D eigenvalue weighted by atomic mass is 16.5. The summed E-state index contributed by atoms with van der Waals surface area (Å²) in [4.78, 5) is 16.7. The Morgan fingerprint density at radius 2 is 1.15 bits per heavy atom. The molecular weight excluding hydrogens is 512 g/mol. The van der Waals surface area contributed by atoms with E-state index in [1.807, 2.05) is 127 Å². The Morgan fingerprint density at radius 1 is 0.585 bits per heavy atom. The van der Waals surface area contributed by atoms with Crippen molar-refractivity contribution in [2.45, 2.75) is 26.2 Å². The Morgan fingerprint density at radius 3 is 1.76 bits per heavy atom. The summed E-state index contributed by atoms with van der Waals surface area (Å²) in [6.07, 6.45) is 0.258. The number of amides is 1. The molecule has 4 aromatic carbocycles. The van der Waals surface area contributed by atoms with Gasteiger partial charge in [-0.1, -0.05) is 115 Å². The Balaban J connectivity index is 1.21. The number of hydrogen-bond donors (Lipinski definition) is 1. The first kappa shape index (κ1) is 27.5. The van der Waals surface area contributed by atoms with Crippen molar-refractivity contribution < 1.29 is 19.0 Å². The summed E-state index contributed by atoms with van der Waals surface area (Å²) in [5.74, 6) is 1.01. The molecule has 0 radical (unpaired) electrons. The highest BCUT2D eigenvalue weighted by molar-refractivity contribution is 5.69. The molecule has 0 bridgehead atoms. The Kier molecular flexibility index (Phi) is 9.60. The van der Waals surface area contributed by atoms with Gasteiger partial charge in [0.25, 0.3) is 0 Å². The van der Waals surface area contributed by atoms with Crippen molar-refractivity contribution in [3.8, 4) is 22.9 Å². The number of nitrogens with zero attached hydrogens (tertiary/aromatic N) is 1. The maximum atomic E-state index is 12.0. The quantitative estimate of drug-likeness (QED) is 0.178. The lowest BCUT2D eigenvalue weighted by atomic mass is 10.0. The van der Waals surface area contributed by atoms with Gasteiger partial charge in [-0.25, -0.2) is 4.79 Å². The molecular formula is C35H32N2O4. The van der Waals surface area contributed by atoms with Gasteiger partial charge in [0.1, 0.15) is 19.8 Å². The van der Waals surface area contributed by atoms with Crippen LogP contribution < -0.4 is 14.8 Å². The van der Waals surface area contributed by atoms with Crippen LogP contribution in [0, 0.1) is 0 Å². The number of ether oxygens (including phenoxy) is 3. The number of carbonyl (C=O) groups excluding carboxylic acids is 1. The zero-order valence-corrected chi connectivity index (χ0v) is 22.7. The third kappa shape index (κ3) is 8.44. The van der Waals surface area contributed by atoms with Gasteiger partial charge in [0, 0.05) is 18.2 Å². The molecule has 0 spiro atoms. The monoisotopic (exact) mass is 544 g/mol. The molecule has 0 saturated heterocycles. The Hall–Kier alpha value is -5.10. The standard InChI is InChI=1S/C35H32N2O4/c38-35(41-26-30-14-8-3-9-15-30)36-23-22-27-16-18-31(19-17-27)32-20-21-33(39-24-28-10-4-1-5-11-28)37-34(32)40-25-29-12-6-2-7-13-29/h1-21H,22-26H2,(H,36,38). The molecule has 0 saturated carbocycles. The fraction of sp³-hybridized carbons (Fsp3) is 0.143. The second-order valence-corrected chi connectivity index (χ2v) is 9.49. The number of pyridine rings is 1. The minimum atomic E-state index is -0.425. The molecule has 0 aliphatic heterocycles. The van der Waals surface area contributed by atoms with Crippen LogP contribution in [-0.2, 0) is 31.0 Å². The summed E-state index contributed by atoms with van der Waals surface area (Å²) in [7, 11) is 0. The highest BCUT2D eigenvalue weighted by Crippen LogP contribution is 2.31. The molecule has 0 aliphatic rings. The second-order valence-electron chi connectivity index (χ2n) is 9.49. The normalized spacial score (nSPS) is 10.5. The minimum absolute atomic E-state index is 0.250. The number of nitrogens with one attached hydrogen (secondary N) is 1. The molecule has 206 valence electrons. The molecule has 5 aromatic rings. The van der Waals surface area contributed by atoms with E-state index in [0.717, 1.165) is 33.4 Å². The molecule has 1 N–H and O–H groups in total. The van der Waals surface area contributed by atoms with Gasteiger partial charge in [-0.15, -0.1) is 0 Å². The SMILES string of the molecule is O=C(NCCc1ccc(-c2ccc(OCc3ccccc3)nc2OCc2ccccc2)cc1)OCc1ccccc1. The summed E-state index contributed by atoms with van der Waals surface area (Å²) >= 11 is 0. The Labute approximate surface area is 240 Å². The predicted octanol–water partition coefficient (Wildman–Crippen LogP) is 7.38. The summed E-state index contributed by atoms with van der Waals surface area (Å²) in [6.45, 7) is 1.55. The lowest BCUT2D eigenvalue weighted by Gasteiger charge is -2.14. The first-order valence-electron chi connectivity index (χ1n) is 13.6. The van der Waals surface area contributed by atoms with E-state index >= 15 is 0 Å². The van der Waals surface area contributed by atoms with E-state index < -0.39 is 6.09 Å². The number of alkyl carbamates (subject to hydrolysis) is 1. The van der Waals surface area contributed by atoms with E-state index in [4.69, 9.17) is 19.2 Å². The first-order chi connectivity index (χ1) is 20.2. The van der Waals surface area contributed by atoms with Gasteiger partial charge in [0.05, 0.1) is 0 Å². The first-order valence-corrected chi connectivity index (χ1v) is 13.6. The van der Waals surface area contributed by atoms with Crippen LogP contribution in [-0.4, -0.2) is 17.6 Å². The van der Waals surface area contributed by atoms with Crippen molar-refractivity contribution in [2.75, 3.05) is 6.54 Å². The maximum absolute atomic E-state index is 12.0. The van der Waals surface area contributed by atoms with Crippen LogP contribution in [0.5, 0.6) is 11.8 Å². The molecule has 1 heterocycles. The van der Waals surface area contributed by atoms with E-state index in [-0.39, 0.29) is 6.61 Å². The maximum Gasteiger partial charge on any atom is 0.407 e. The predicted molar refractivity (Wildman–Crippen MR) is 160 cm³/mol. The van der Waals surface area contributed by atoms with Crippen molar-refractivity contribution in [1.29, 1.82) is 0 Å². The lowest BCUT2D eigenvalue weighted by Crippen LogP contribution is -2.26. The fourth-order valence-corrected chi connectivity index (χ4v) is 4.23. The van der Waals surface area contributed by atoms with Crippen LogP contribution in [0.2, 0.25) is 0 Å². The van der Waals surface area contributed by atoms with Gasteiger partial charge in [-0.05, 0) is 40.3 Å². The average Bonchev–Trinajstić information content (AvgIpc) is 3.04. The molecule has 1 amide bonds. The van der Waals surface area contributed by atoms with E-state index in [1.54, 1.807) is 0 Å². The summed E-state index contributed by atoms with van der Waals surface area (Å²) in [5, 5.41) is 2.81. The molecule has 41 heavy (non-hydrogen) atoms.